The fourth-order valence-corrected chi connectivity index (χ4v) is 2.87. The van der Waals surface area contributed by atoms with E-state index in [2.05, 4.69) is 27.3 Å². The molecule has 0 aliphatic heterocycles. The maximum Gasteiger partial charge on any atom is 0.155 e. The van der Waals surface area contributed by atoms with Crippen LogP contribution in [0, 0.1) is 0 Å². The van der Waals surface area contributed by atoms with Gasteiger partial charge in [0.15, 0.2) is 5.82 Å². The molecule has 0 aliphatic carbocycles. The van der Waals surface area contributed by atoms with Crippen molar-refractivity contribution in [2.45, 2.75) is 26.3 Å². The zero-order valence-corrected chi connectivity index (χ0v) is 14.5. The van der Waals surface area contributed by atoms with E-state index >= 15 is 0 Å². The van der Waals surface area contributed by atoms with Gasteiger partial charge in [0.05, 0.1) is 15.7 Å². The molecule has 0 radical (unpaired) electrons. The third kappa shape index (κ3) is 3.26. The molecule has 0 unspecified atom stereocenters. The van der Waals surface area contributed by atoms with E-state index in [0.29, 0.717) is 16.6 Å². The molecule has 0 amide bonds. The fourth-order valence-electron chi connectivity index (χ4n) is 2.54. The first-order chi connectivity index (χ1) is 11.1. The number of halogens is 2. The summed E-state index contributed by atoms with van der Waals surface area (Å²) in [5, 5.41) is 8.99. The maximum absolute atomic E-state index is 6.05. The summed E-state index contributed by atoms with van der Waals surface area (Å²) in [5.41, 5.74) is 3.85. The summed E-state index contributed by atoms with van der Waals surface area (Å²) in [4.78, 5) is 8.74. The van der Waals surface area contributed by atoms with Crippen LogP contribution < -0.4 is 5.32 Å². The summed E-state index contributed by atoms with van der Waals surface area (Å²) in [6, 6.07) is 5.58. The summed E-state index contributed by atoms with van der Waals surface area (Å²) in [7, 11) is 1.91. The third-order valence-electron chi connectivity index (χ3n) is 3.62. The lowest BCUT2D eigenvalue weighted by Crippen LogP contribution is -2.04. The van der Waals surface area contributed by atoms with Crippen molar-refractivity contribution in [1.29, 1.82) is 0 Å². The molecule has 1 N–H and O–H groups in total. The Morgan fingerprint density at radius 2 is 2.00 bits per heavy atom. The molecule has 0 bridgehead atoms. The number of hydrogen-bond acceptors (Lipinski definition) is 4. The number of anilines is 1. The van der Waals surface area contributed by atoms with Crippen LogP contribution in [0.25, 0.3) is 11.0 Å². The van der Waals surface area contributed by atoms with Crippen molar-refractivity contribution < 1.29 is 0 Å². The van der Waals surface area contributed by atoms with Crippen molar-refractivity contribution >= 4 is 40.1 Å². The molecule has 0 spiro atoms. The van der Waals surface area contributed by atoms with E-state index in [1.165, 1.54) is 0 Å². The van der Waals surface area contributed by atoms with Gasteiger partial charge in [-0.15, -0.1) is 0 Å². The highest BCUT2D eigenvalue weighted by Crippen LogP contribution is 2.25. The summed E-state index contributed by atoms with van der Waals surface area (Å²) in [6.07, 6.45) is 3.50. The second kappa shape index (κ2) is 6.72. The molecule has 0 saturated carbocycles. The monoisotopic (exact) mass is 349 g/mol. The van der Waals surface area contributed by atoms with E-state index in [-0.39, 0.29) is 0 Å². The van der Waals surface area contributed by atoms with E-state index in [1.807, 2.05) is 23.9 Å². The number of benzene rings is 1. The Balaban J connectivity index is 1.89. The molecular weight excluding hydrogens is 333 g/mol. The lowest BCUT2D eigenvalue weighted by atomic mass is 10.2. The Morgan fingerprint density at radius 1 is 1.17 bits per heavy atom. The molecule has 120 valence electrons. The van der Waals surface area contributed by atoms with Crippen molar-refractivity contribution in [3.05, 3.63) is 45.8 Å². The second-order valence-corrected chi connectivity index (χ2v) is 6.16. The molecule has 7 heteroatoms. The van der Waals surface area contributed by atoms with Gasteiger partial charge in [0.1, 0.15) is 17.4 Å². The minimum absolute atomic E-state index is 0.546. The fraction of sp³-hybridized carbons (Fsp3) is 0.312. The minimum atomic E-state index is 0.546. The molecular formula is C16H17Cl2N5. The van der Waals surface area contributed by atoms with Crippen molar-refractivity contribution in [3.8, 4) is 0 Å². The number of fused-ring (bicyclic) bond motifs is 1. The van der Waals surface area contributed by atoms with Gasteiger partial charge in [-0.3, -0.25) is 4.68 Å². The second-order valence-electron chi connectivity index (χ2n) is 5.34. The average Bonchev–Trinajstić information content (AvgIpc) is 2.86. The number of nitrogens with zero attached hydrogens (tertiary/aromatic N) is 4. The zero-order valence-electron chi connectivity index (χ0n) is 13.0. The van der Waals surface area contributed by atoms with Crippen LogP contribution in [0.1, 0.15) is 24.6 Å². The molecule has 5 nitrogen and oxygen atoms in total. The maximum atomic E-state index is 6.05. The van der Waals surface area contributed by atoms with Gasteiger partial charge in [0.2, 0.25) is 0 Å². The Bertz CT molecular complexity index is 844. The highest BCUT2D eigenvalue weighted by Gasteiger charge is 2.14. The van der Waals surface area contributed by atoms with Gasteiger partial charge in [-0.05, 0) is 24.1 Å². The van der Waals surface area contributed by atoms with Crippen LogP contribution in [-0.2, 0) is 20.0 Å². The van der Waals surface area contributed by atoms with Crippen LogP contribution in [0.5, 0.6) is 0 Å². The topological polar surface area (TPSA) is 55.6 Å². The Morgan fingerprint density at radius 3 is 2.74 bits per heavy atom. The largest absolute Gasteiger partial charge is 0.364 e. The molecule has 0 aliphatic rings. The molecule has 23 heavy (non-hydrogen) atoms. The van der Waals surface area contributed by atoms with Gasteiger partial charge in [-0.25, -0.2) is 9.97 Å². The van der Waals surface area contributed by atoms with Crippen LogP contribution in [0.4, 0.5) is 5.82 Å². The molecule has 2 heterocycles. The average molecular weight is 350 g/mol. The van der Waals surface area contributed by atoms with Crippen LogP contribution in [0.3, 0.4) is 0 Å². The molecule has 2 aromatic heterocycles. The van der Waals surface area contributed by atoms with Gasteiger partial charge >= 0.3 is 0 Å². The highest BCUT2D eigenvalue weighted by atomic mass is 35.5. The molecule has 0 atom stereocenters. The van der Waals surface area contributed by atoms with Gasteiger partial charge < -0.3 is 5.32 Å². The lowest BCUT2D eigenvalue weighted by molar-refractivity contribution is 0.752. The summed E-state index contributed by atoms with van der Waals surface area (Å²) >= 11 is 12.0. The van der Waals surface area contributed by atoms with Gasteiger partial charge in [-0.2, -0.15) is 5.10 Å². The molecule has 3 rings (SSSR count). The molecule has 0 fully saturated rings. The van der Waals surface area contributed by atoms with Crippen LogP contribution in [-0.4, -0.2) is 19.7 Å². The summed E-state index contributed by atoms with van der Waals surface area (Å²) < 4.78 is 1.83. The molecule has 0 saturated heterocycles. The third-order valence-corrected chi connectivity index (χ3v) is 4.36. The predicted octanol–water partition coefficient (Wildman–Crippen LogP) is 4.23. The van der Waals surface area contributed by atoms with E-state index < -0.39 is 0 Å². The normalized spacial score (nSPS) is 11.1. The smallest absolute Gasteiger partial charge is 0.155 e. The first kappa shape index (κ1) is 16.0. The Hall–Kier alpha value is -1.85. The lowest BCUT2D eigenvalue weighted by Gasteiger charge is -2.08. The Labute approximate surface area is 144 Å². The van der Waals surface area contributed by atoms with Gasteiger partial charge in [-0.1, -0.05) is 42.6 Å². The molecule has 3 aromatic rings. The van der Waals surface area contributed by atoms with Crippen molar-refractivity contribution in [2.24, 2.45) is 7.05 Å². The summed E-state index contributed by atoms with van der Waals surface area (Å²) in [6.45, 7) is 2.72. The van der Waals surface area contributed by atoms with Crippen LogP contribution in [0.15, 0.2) is 24.5 Å². The quantitative estimate of drug-likeness (QED) is 0.748. The highest BCUT2D eigenvalue weighted by molar-refractivity contribution is 6.42. The van der Waals surface area contributed by atoms with E-state index in [9.17, 15) is 0 Å². The van der Waals surface area contributed by atoms with Crippen molar-refractivity contribution in [2.75, 3.05) is 5.32 Å². The van der Waals surface area contributed by atoms with Gasteiger partial charge in [0.25, 0.3) is 0 Å². The molecule has 1 aromatic carbocycles. The number of aryl methyl sites for hydroxylation is 2. The minimum Gasteiger partial charge on any atom is -0.364 e. The van der Waals surface area contributed by atoms with E-state index in [4.69, 9.17) is 23.2 Å². The summed E-state index contributed by atoms with van der Waals surface area (Å²) in [5.74, 6) is 0.762. The first-order valence-corrected chi connectivity index (χ1v) is 8.20. The van der Waals surface area contributed by atoms with Crippen LogP contribution >= 0.6 is 23.2 Å². The van der Waals surface area contributed by atoms with Crippen LogP contribution in [0.2, 0.25) is 10.0 Å². The SMILES string of the molecule is CCCc1nn(C)c2c(NCc3ccc(Cl)c(Cl)c3)ncnc12. The first-order valence-electron chi connectivity index (χ1n) is 7.44. The number of rotatable bonds is 5. The van der Waals surface area contributed by atoms with Crippen molar-refractivity contribution in [1.82, 2.24) is 19.7 Å². The number of hydrogen-bond donors (Lipinski definition) is 1. The van der Waals surface area contributed by atoms with E-state index in [0.717, 1.165) is 41.0 Å². The predicted molar refractivity (Wildman–Crippen MR) is 94.1 cm³/mol. The van der Waals surface area contributed by atoms with Gasteiger partial charge in [0, 0.05) is 13.6 Å². The number of nitrogens with one attached hydrogen (secondary N) is 1. The van der Waals surface area contributed by atoms with E-state index in [1.54, 1.807) is 12.4 Å². The zero-order chi connectivity index (χ0) is 16.4. The Kier molecular flexibility index (Phi) is 4.68. The van der Waals surface area contributed by atoms with Crippen molar-refractivity contribution in [3.63, 3.8) is 0 Å². The standard InChI is InChI=1S/C16H17Cl2N5/c1-3-4-13-14-15(23(2)22-13)16(21-9-20-14)19-8-10-5-6-11(17)12(18)7-10/h5-7,9H,3-4,8H2,1-2H3,(H,19,20,21). The number of aromatic nitrogens is 4.